The number of anilines is 1. The third-order valence-corrected chi connectivity index (χ3v) is 3.05. The van der Waals surface area contributed by atoms with Crippen molar-refractivity contribution in [2.24, 2.45) is 17.9 Å². The fraction of sp³-hybridized carbons (Fsp3) is 0.214. The lowest BCUT2D eigenvalue weighted by molar-refractivity contribution is -0.140. The molecule has 2 N–H and O–H groups in total. The van der Waals surface area contributed by atoms with Crippen molar-refractivity contribution >= 4 is 23.4 Å². The summed E-state index contributed by atoms with van der Waals surface area (Å²) in [6.45, 7) is 1.20. The van der Waals surface area contributed by atoms with Crippen LogP contribution in [-0.2, 0) is 16.7 Å². The number of hydrogen-bond acceptors (Lipinski definition) is 6. The third kappa shape index (κ3) is 3.51. The highest BCUT2D eigenvalue weighted by molar-refractivity contribution is 6.05. The molecule has 0 bridgehead atoms. The molecule has 0 fully saturated rings. The lowest BCUT2D eigenvalue weighted by Gasteiger charge is -2.16. The molecule has 2 heterocycles. The van der Waals surface area contributed by atoms with E-state index in [1.165, 1.54) is 22.6 Å². The summed E-state index contributed by atoms with van der Waals surface area (Å²) >= 11 is 0. The molecular formula is C14H16N6O3. The zero-order chi connectivity index (χ0) is 17.0. The van der Waals surface area contributed by atoms with Gasteiger partial charge in [0.25, 0.3) is 5.91 Å². The van der Waals surface area contributed by atoms with Gasteiger partial charge in [0.15, 0.2) is 5.82 Å². The second-order valence-electron chi connectivity index (χ2n) is 4.66. The fourth-order valence-corrected chi connectivity index (χ4v) is 1.84. The highest BCUT2D eigenvalue weighted by Crippen LogP contribution is 2.14. The van der Waals surface area contributed by atoms with Gasteiger partial charge in [0.1, 0.15) is 5.69 Å². The molecule has 0 saturated heterocycles. The molecule has 0 aromatic carbocycles. The van der Waals surface area contributed by atoms with Crippen LogP contribution in [0.15, 0.2) is 35.9 Å². The van der Waals surface area contributed by atoms with Gasteiger partial charge in [-0.15, -0.1) is 0 Å². The second-order valence-corrected chi connectivity index (χ2v) is 4.66. The smallest absolute Gasteiger partial charge is 0.332 e. The second kappa shape index (κ2) is 6.69. The van der Waals surface area contributed by atoms with Gasteiger partial charge in [0, 0.05) is 27.2 Å². The highest BCUT2D eigenvalue weighted by atomic mass is 16.7. The first kappa shape index (κ1) is 16.1. The number of nitrogens with zero attached hydrogens (tertiary/aromatic N) is 5. The van der Waals surface area contributed by atoms with E-state index in [0.29, 0.717) is 11.4 Å². The van der Waals surface area contributed by atoms with Gasteiger partial charge in [-0.2, -0.15) is 0 Å². The maximum absolute atomic E-state index is 12.5. The van der Waals surface area contributed by atoms with Crippen molar-refractivity contribution in [2.45, 2.75) is 6.92 Å². The minimum absolute atomic E-state index is 0.106. The Morgan fingerprint density at radius 1 is 1.39 bits per heavy atom. The van der Waals surface area contributed by atoms with Crippen LogP contribution in [0.4, 0.5) is 5.69 Å². The molecule has 9 heteroatoms. The molecular weight excluding hydrogens is 300 g/mol. The molecule has 0 spiro atoms. The summed E-state index contributed by atoms with van der Waals surface area (Å²) in [6.07, 6.45) is 4.57. The van der Waals surface area contributed by atoms with E-state index < -0.39 is 5.97 Å². The van der Waals surface area contributed by atoms with Crippen LogP contribution in [0.25, 0.3) is 0 Å². The normalized spacial score (nSPS) is 11.2. The quantitative estimate of drug-likeness (QED) is 0.375. The number of imidazole rings is 1. The summed E-state index contributed by atoms with van der Waals surface area (Å²) in [5.41, 5.74) is 6.64. The summed E-state index contributed by atoms with van der Waals surface area (Å²) in [7, 11) is 3.24. The Balaban J connectivity index is 2.26. The summed E-state index contributed by atoms with van der Waals surface area (Å²) in [5.74, 6) is -0.783. The maximum atomic E-state index is 12.5. The Labute approximate surface area is 132 Å². The van der Waals surface area contributed by atoms with E-state index in [1.54, 1.807) is 38.6 Å². The Kier molecular flexibility index (Phi) is 4.69. The lowest BCUT2D eigenvalue weighted by Crippen LogP contribution is -2.29. The van der Waals surface area contributed by atoms with Crippen LogP contribution in [0.2, 0.25) is 0 Å². The molecule has 0 aliphatic carbocycles. The van der Waals surface area contributed by atoms with Crippen LogP contribution < -0.4 is 10.6 Å². The van der Waals surface area contributed by atoms with Crippen LogP contribution in [0, 0.1) is 0 Å². The first-order valence-corrected chi connectivity index (χ1v) is 6.63. The van der Waals surface area contributed by atoms with Crippen LogP contribution in [0.5, 0.6) is 0 Å². The molecule has 23 heavy (non-hydrogen) atoms. The van der Waals surface area contributed by atoms with E-state index in [1.807, 2.05) is 0 Å². The first-order chi connectivity index (χ1) is 10.9. The number of oxime groups is 1. The van der Waals surface area contributed by atoms with Gasteiger partial charge in [-0.3, -0.25) is 9.78 Å². The van der Waals surface area contributed by atoms with E-state index >= 15 is 0 Å². The molecule has 1 amide bonds. The standard InChI is InChI=1S/C14H16N6O3/c1-9(21)23-18-12(15)13-17-8-11(20(13)3)14(22)19(2)10-5-4-6-16-7-10/h4-8H,1-3H3,(H2,15,18). The van der Waals surface area contributed by atoms with E-state index in [9.17, 15) is 9.59 Å². The van der Waals surface area contributed by atoms with E-state index in [0.717, 1.165) is 0 Å². The molecule has 0 aliphatic rings. The molecule has 9 nitrogen and oxygen atoms in total. The van der Waals surface area contributed by atoms with E-state index in [-0.39, 0.29) is 17.6 Å². The maximum Gasteiger partial charge on any atom is 0.332 e. The van der Waals surface area contributed by atoms with Crippen molar-refractivity contribution in [3.05, 3.63) is 42.2 Å². The van der Waals surface area contributed by atoms with Crippen LogP contribution in [-0.4, -0.2) is 39.3 Å². The van der Waals surface area contributed by atoms with Crippen molar-refractivity contribution in [1.29, 1.82) is 0 Å². The van der Waals surface area contributed by atoms with E-state index in [4.69, 9.17) is 5.73 Å². The summed E-state index contributed by atoms with van der Waals surface area (Å²) < 4.78 is 1.47. The van der Waals surface area contributed by atoms with Crippen LogP contribution in [0.1, 0.15) is 23.2 Å². The number of hydrogen-bond donors (Lipinski definition) is 1. The predicted molar refractivity (Wildman–Crippen MR) is 82.7 cm³/mol. The summed E-state index contributed by atoms with van der Waals surface area (Å²) in [5, 5.41) is 3.46. The number of nitrogens with two attached hydrogens (primary N) is 1. The fourth-order valence-electron chi connectivity index (χ4n) is 1.84. The van der Waals surface area contributed by atoms with Crippen molar-refractivity contribution < 1.29 is 14.4 Å². The minimum atomic E-state index is -0.602. The number of amides is 1. The van der Waals surface area contributed by atoms with Crippen LogP contribution >= 0.6 is 0 Å². The third-order valence-electron chi connectivity index (χ3n) is 3.05. The van der Waals surface area contributed by atoms with Crippen molar-refractivity contribution in [1.82, 2.24) is 14.5 Å². The molecule has 2 aromatic rings. The number of carbonyl (C=O) groups is 2. The summed E-state index contributed by atoms with van der Waals surface area (Å²) in [4.78, 5) is 37.2. The zero-order valence-corrected chi connectivity index (χ0v) is 12.9. The highest BCUT2D eigenvalue weighted by Gasteiger charge is 2.20. The number of pyridine rings is 1. The van der Waals surface area contributed by atoms with Crippen LogP contribution in [0.3, 0.4) is 0 Å². The van der Waals surface area contributed by atoms with Crippen molar-refractivity contribution in [3.63, 3.8) is 0 Å². The van der Waals surface area contributed by atoms with Gasteiger partial charge in [-0.05, 0) is 12.1 Å². The lowest BCUT2D eigenvalue weighted by atomic mass is 10.3. The first-order valence-electron chi connectivity index (χ1n) is 6.63. The Bertz CT molecular complexity index is 753. The number of rotatable bonds is 4. The summed E-state index contributed by atoms with van der Waals surface area (Å²) in [6, 6.07) is 3.50. The molecule has 2 aromatic heterocycles. The zero-order valence-electron chi connectivity index (χ0n) is 12.9. The topological polar surface area (TPSA) is 116 Å². The Hall–Kier alpha value is -3.23. The van der Waals surface area contributed by atoms with Gasteiger partial charge in [-0.1, -0.05) is 5.16 Å². The van der Waals surface area contributed by atoms with Crippen molar-refractivity contribution in [2.75, 3.05) is 11.9 Å². The van der Waals surface area contributed by atoms with Crippen molar-refractivity contribution in [3.8, 4) is 0 Å². The number of amidine groups is 1. The van der Waals surface area contributed by atoms with Gasteiger partial charge < -0.3 is 20.0 Å². The molecule has 120 valence electrons. The van der Waals surface area contributed by atoms with Gasteiger partial charge >= 0.3 is 5.97 Å². The van der Waals surface area contributed by atoms with Gasteiger partial charge in [0.2, 0.25) is 5.84 Å². The molecule has 2 rings (SSSR count). The molecule has 0 radical (unpaired) electrons. The molecule has 0 saturated carbocycles. The molecule has 0 unspecified atom stereocenters. The number of aromatic nitrogens is 3. The average Bonchev–Trinajstić information content (AvgIpc) is 2.93. The largest absolute Gasteiger partial charge is 0.378 e. The van der Waals surface area contributed by atoms with Gasteiger partial charge in [-0.25, -0.2) is 9.78 Å². The monoisotopic (exact) mass is 316 g/mol. The number of carbonyl (C=O) groups excluding carboxylic acids is 2. The molecule has 0 atom stereocenters. The van der Waals surface area contributed by atoms with E-state index in [2.05, 4.69) is 20.0 Å². The van der Waals surface area contributed by atoms with Gasteiger partial charge in [0.05, 0.1) is 18.1 Å². The SMILES string of the molecule is CC(=O)O/N=C(\N)c1ncc(C(=O)N(C)c2cccnc2)n1C. The Morgan fingerprint density at radius 3 is 2.74 bits per heavy atom. The predicted octanol–water partition coefficient (Wildman–Crippen LogP) is 0.275. The Morgan fingerprint density at radius 2 is 2.13 bits per heavy atom. The minimum Gasteiger partial charge on any atom is -0.378 e. The molecule has 0 aliphatic heterocycles. The average molecular weight is 316 g/mol.